The zero-order chi connectivity index (χ0) is 18.1. The topological polar surface area (TPSA) is 37.3 Å². The first-order chi connectivity index (χ1) is 13.4. The fraction of sp³-hybridized carbons (Fsp3) is 0.217. The summed E-state index contributed by atoms with van der Waals surface area (Å²) < 4.78 is 0. The average Bonchev–Trinajstić information content (AvgIpc) is 3.15. The van der Waals surface area contributed by atoms with Crippen LogP contribution in [0.3, 0.4) is 0 Å². The Hall–Kier alpha value is -2.72. The van der Waals surface area contributed by atoms with Crippen LogP contribution in [0.25, 0.3) is 17.0 Å². The lowest BCUT2D eigenvalue weighted by Gasteiger charge is -2.26. The minimum atomic E-state index is 0.882. The zero-order valence-electron chi connectivity index (χ0n) is 15.1. The van der Waals surface area contributed by atoms with Crippen molar-refractivity contribution in [3.63, 3.8) is 0 Å². The van der Waals surface area contributed by atoms with Gasteiger partial charge in [0.05, 0.1) is 16.4 Å². The summed E-state index contributed by atoms with van der Waals surface area (Å²) in [5.74, 6) is 1.06. The number of hydrogen-bond donors (Lipinski definition) is 1. The second kappa shape index (κ2) is 7.12. The number of aryl methyl sites for hydroxylation is 1. The van der Waals surface area contributed by atoms with Crippen molar-refractivity contribution in [2.24, 2.45) is 4.99 Å². The van der Waals surface area contributed by atoms with Crippen molar-refractivity contribution in [2.75, 3.05) is 5.32 Å². The van der Waals surface area contributed by atoms with Crippen LogP contribution in [0.1, 0.15) is 36.3 Å². The summed E-state index contributed by atoms with van der Waals surface area (Å²) in [5, 5.41) is 6.84. The Morgan fingerprint density at radius 3 is 2.56 bits per heavy atom. The molecule has 3 nitrogen and oxygen atoms in total. The fourth-order valence-electron chi connectivity index (χ4n) is 3.55. The highest BCUT2D eigenvalue weighted by atomic mass is 32.1. The number of aliphatic imine (C=N–C) groups is 1. The van der Waals surface area contributed by atoms with E-state index >= 15 is 0 Å². The Balaban J connectivity index is 1.35. The molecule has 1 N–H and O–H groups in total. The molecule has 2 aliphatic rings. The number of nitrogens with zero attached hydrogens (tertiary/aromatic N) is 2. The molecule has 0 saturated heterocycles. The molecular weight excluding hydrogens is 350 g/mol. The first kappa shape index (κ1) is 16.5. The van der Waals surface area contributed by atoms with E-state index in [1.807, 2.05) is 6.07 Å². The van der Waals surface area contributed by atoms with Gasteiger partial charge in [-0.05, 0) is 30.9 Å². The highest BCUT2D eigenvalue weighted by Gasteiger charge is 2.22. The smallest absolute Gasteiger partial charge is 0.107 e. The van der Waals surface area contributed by atoms with E-state index in [-0.39, 0.29) is 0 Å². The lowest BCUT2D eigenvalue weighted by atomic mass is 9.87. The van der Waals surface area contributed by atoms with Crippen LogP contribution in [0.4, 0.5) is 5.69 Å². The summed E-state index contributed by atoms with van der Waals surface area (Å²) in [6, 6.07) is 18.9. The molecule has 1 aromatic heterocycles. The predicted molar refractivity (Wildman–Crippen MR) is 114 cm³/mol. The number of hydrogen-bond acceptors (Lipinski definition) is 4. The summed E-state index contributed by atoms with van der Waals surface area (Å²) in [4.78, 5) is 9.80. The molecule has 1 aliphatic carbocycles. The van der Waals surface area contributed by atoms with Crippen LogP contribution in [0, 0.1) is 0 Å². The number of aromatic nitrogens is 1. The third-order valence-electron chi connectivity index (χ3n) is 5.20. The molecule has 0 bridgehead atoms. The normalized spacial score (nSPS) is 15.6. The van der Waals surface area contributed by atoms with Crippen molar-refractivity contribution in [3.8, 4) is 11.3 Å². The lowest BCUT2D eigenvalue weighted by molar-refractivity contribution is 0.664. The van der Waals surface area contributed by atoms with Gasteiger partial charge in [0.2, 0.25) is 0 Å². The van der Waals surface area contributed by atoms with Crippen molar-refractivity contribution in [2.45, 2.75) is 32.1 Å². The Labute approximate surface area is 163 Å². The summed E-state index contributed by atoms with van der Waals surface area (Å²) in [5.41, 5.74) is 7.38. The molecule has 1 fully saturated rings. The number of allylic oxidation sites excluding steroid dienone is 1. The maximum atomic E-state index is 4.99. The number of thiazole rings is 1. The molecule has 2 aromatic carbocycles. The van der Waals surface area contributed by atoms with Gasteiger partial charge in [0.15, 0.2) is 0 Å². The number of fused-ring (bicyclic) bond motifs is 1. The number of nitrogens with one attached hydrogen (secondary N) is 1. The Morgan fingerprint density at radius 1 is 0.926 bits per heavy atom. The summed E-state index contributed by atoms with van der Waals surface area (Å²) in [6.07, 6.45) is 5.46. The van der Waals surface area contributed by atoms with Gasteiger partial charge < -0.3 is 5.32 Å². The second-order valence-electron chi connectivity index (χ2n) is 7.03. The van der Waals surface area contributed by atoms with Crippen molar-refractivity contribution < 1.29 is 0 Å². The van der Waals surface area contributed by atoms with Gasteiger partial charge in [-0.3, -0.25) is 0 Å². The summed E-state index contributed by atoms with van der Waals surface area (Å²) >= 11 is 1.74. The SMILES string of the molecule is c1ccc(-c2csc(CCC3=NC(=C4CCC4)c4ccccc4N3)n2)cc1. The van der Waals surface area contributed by atoms with Crippen molar-refractivity contribution in [1.82, 2.24) is 4.98 Å². The molecule has 0 unspecified atom stereocenters. The van der Waals surface area contributed by atoms with Gasteiger partial charge in [-0.15, -0.1) is 11.3 Å². The molecule has 4 heteroatoms. The minimum Gasteiger partial charge on any atom is -0.343 e. The standard InChI is InChI=1S/C23H21N3S/c1-2-7-16(8-3-1)20-15-27-22(25-20)14-13-21-24-19-12-5-4-11-18(19)23(26-21)17-9-6-10-17/h1-5,7-8,11-12,15H,6,9-10,13-14H2,(H,24,26). The second-order valence-corrected chi connectivity index (χ2v) is 7.97. The van der Waals surface area contributed by atoms with Crippen LogP contribution in [-0.2, 0) is 6.42 Å². The monoisotopic (exact) mass is 371 g/mol. The number of benzene rings is 2. The highest BCUT2D eigenvalue weighted by molar-refractivity contribution is 7.09. The molecule has 0 amide bonds. The van der Waals surface area contributed by atoms with E-state index in [2.05, 4.69) is 59.2 Å². The van der Waals surface area contributed by atoms with Crippen LogP contribution in [0.15, 0.2) is 70.5 Å². The Kier molecular flexibility index (Phi) is 4.34. The van der Waals surface area contributed by atoms with E-state index in [1.165, 1.54) is 47.3 Å². The molecule has 2 heterocycles. The van der Waals surface area contributed by atoms with Gasteiger partial charge >= 0.3 is 0 Å². The van der Waals surface area contributed by atoms with Gasteiger partial charge in [-0.1, -0.05) is 48.5 Å². The van der Waals surface area contributed by atoms with Gasteiger partial charge in [0.1, 0.15) is 5.84 Å². The molecular formula is C23H21N3S. The van der Waals surface area contributed by atoms with E-state index < -0.39 is 0 Å². The van der Waals surface area contributed by atoms with Crippen molar-refractivity contribution in [1.29, 1.82) is 0 Å². The van der Waals surface area contributed by atoms with Crippen LogP contribution in [-0.4, -0.2) is 10.8 Å². The molecule has 1 saturated carbocycles. The maximum Gasteiger partial charge on any atom is 0.107 e. The van der Waals surface area contributed by atoms with E-state index in [9.17, 15) is 0 Å². The van der Waals surface area contributed by atoms with E-state index in [0.29, 0.717) is 0 Å². The average molecular weight is 372 g/mol. The van der Waals surface area contributed by atoms with E-state index in [0.717, 1.165) is 29.4 Å². The molecule has 5 rings (SSSR count). The number of amidine groups is 1. The minimum absolute atomic E-state index is 0.882. The lowest BCUT2D eigenvalue weighted by Crippen LogP contribution is -2.19. The molecule has 0 spiro atoms. The Morgan fingerprint density at radius 2 is 1.74 bits per heavy atom. The third-order valence-corrected chi connectivity index (χ3v) is 6.11. The van der Waals surface area contributed by atoms with Crippen molar-refractivity contribution in [3.05, 3.63) is 76.1 Å². The van der Waals surface area contributed by atoms with Crippen LogP contribution < -0.4 is 5.32 Å². The Bertz CT molecular complexity index is 1020. The van der Waals surface area contributed by atoms with Gasteiger partial charge in [0, 0.05) is 35.0 Å². The quantitative estimate of drug-likeness (QED) is 0.596. The van der Waals surface area contributed by atoms with Gasteiger partial charge in [0.25, 0.3) is 0 Å². The van der Waals surface area contributed by atoms with E-state index in [1.54, 1.807) is 11.3 Å². The number of para-hydroxylation sites is 1. The predicted octanol–water partition coefficient (Wildman–Crippen LogP) is 6.16. The number of rotatable bonds is 4. The summed E-state index contributed by atoms with van der Waals surface area (Å²) in [7, 11) is 0. The number of anilines is 1. The molecule has 1 aliphatic heterocycles. The molecule has 27 heavy (non-hydrogen) atoms. The zero-order valence-corrected chi connectivity index (χ0v) is 15.9. The molecule has 3 aromatic rings. The third kappa shape index (κ3) is 3.33. The largest absolute Gasteiger partial charge is 0.343 e. The van der Waals surface area contributed by atoms with Gasteiger partial charge in [-0.2, -0.15) is 0 Å². The van der Waals surface area contributed by atoms with Gasteiger partial charge in [-0.25, -0.2) is 9.98 Å². The van der Waals surface area contributed by atoms with Crippen LogP contribution in [0.2, 0.25) is 0 Å². The first-order valence-electron chi connectivity index (χ1n) is 9.53. The summed E-state index contributed by atoms with van der Waals surface area (Å²) in [6.45, 7) is 0. The fourth-order valence-corrected chi connectivity index (χ4v) is 4.36. The first-order valence-corrected chi connectivity index (χ1v) is 10.4. The molecule has 0 radical (unpaired) electrons. The van der Waals surface area contributed by atoms with Crippen LogP contribution in [0.5, 0.6) is 0 Å². The van der Waals surface area contributed by atoms with E-state index in [4.69, 9.17) is 9.98 Å². The highest BCUT2D eigenvalue weighted by Crippen LogP contribution is 2.39. The van der Waals surface area contributed by atoms with Crippen molar-refractivity contribution >= 4 is 28.6 Å². The molecule has 0 atom stereocenters. The maximum absolute atomic E-state index is 4.99. The van der Waals surface area contributed by atoms with Crippen LogP contribution >= 0.6 is 11.3 Å². The molecule has 134 valence electrons.